The van der Waals surface area contributed by atoms with E-state index < -0.39 is 0 Å². The second kappa shape index (κ2) is 6.37. The molecule has 3 aromatic heterocycles. The topological polar surface area (TPSA) is 58.6 Å². The standard InChI is InChI=1S/C17H19N3OS2/c1-5-13-16(10(3)21)9(2)18-17(13)14-8-23-15(20-14)6-12-7-22-11(4)19-12/h7-8,18H,5-6H2,1-4H3. The summed E-state index contributed by atoms with van der Waals surface area (Å²) in [6, 6.07) is 0. The van der Waals surface area contributed by atoms with Crippen LogP contribution in [0.1, 0.15) is 51.2 Å². The molecule has 0 aliphatic rings. The Morgan fingerprint density at radius 2 is 2.00 bits per heavy atom. The molecule has 4 nitrogen and oxygen atoms in total. The molecule has 0 unspecified atom stereocenters. The van der Waals surface area contributed by atoms with Crippen LogP contribution in [0.2, 0.25) is 0 Å². The Morgan fingerprint density at radius 3 is 2.61 bits per heavy atom. The van der Waals surface area contributed by atoms with Crippen LogP contribution in [-0.4, -0.2) is 20.7 Å². The van der Waals surface area contributed by atoms with Crippen LogP contribution in [0.5, 0.6) is 0 Å². The zero-order valence-electron chi connectivity index (χ0n) is 13.7. The second-order valence-electron chi connectivity index (χ2n) is 5.55. The summed E-state index contributed by atoms with van der Waals surface area (Å²) >= 11 is 3.30. The molecule has 0 aromatic carbocycles. The average Bonchev–Trinajstić information content (AvgIpc) is 3.18. The molecule has 0 saturated heterocycles. The molecule has 0 saturated carbocycles. The summed E-state index contributed by atoms with van der Waals surface area (Å²) in [7, 11) is 0. The summed E-state index contributed by atoms with van der Waals surface area (Å²) in [4.78, 5) is 24.5. The van der Waals surface area contributed by atoms with Crippen LogP contribution in [-0.2, 0) is 12.8 Å². The van der Waals surface area contributed by atoms with Crippen molar-refractivity contribution in [3.63, 3.8) is 0 Å². The van der Waals surface area contributed by atoms with Gasteiger partial charge in [-0.3, -0.25) is 4.79 Å². The number of H-pyrrole nitrogens is 1. The van der Waals surface area contributed by atoms with Crippen LogP contribution in [0.4, 0.5) is 0 Å². The molecular formula is C17H19N3OS2. The first-order chi connectivity index (χ1) is 11.0. The molecule has 120 valence electrons. The number of carbonyl (C=O) groups is 1. The van der Waals surface area contributed by atoms with Crippen molar-refractivity contribution >= 4 is 28.5 Å². The largest absolute Gasteiger partial charge is 0.356 e. The van der Waals surface area contributed by atoms with Crippen molar-refractivity contribution in [3.8, 4) is 11.4 Å². The van der Waals surface area contributed by atoms with Crippen LogP contribution in [0.3, 0.4) is 0 Å². The van der Waals surface area contributed by atoms with Gasteiger partial charge in [-0.05, 0) is 32.8 Å². The molecular weight excluding hydrogens is 326 g/mol. The lowest BCUT2D eigenvalue weighted by atomic mass is 10.0. The maximum Gasteiger partial charge on any atom is 0.161 e. The van der Waals surface area contributed by atoms with Crippen molar-refractivity contribution in [1.82, 2.24) is 15.0 Å². The summed E-state index contributed by atoms with van der Waals surface area (Å²) < 4.78 is 0. The number of nitrogens with one attached hydrogen (secondary N) is 1. The molecule has 0 radical (unpaired) electrons. The number of rotatable bonds is 5. The van der Waals surface area contributed by atoms with Crippen LogP contribution < -0.4 is 0 Å². The van der Waals surface area contributed by atoms with Gasteiger partial charge in [-0.2, -0.15) is 0 Å². The Labute approximate surface area is 143 Å². The fourth-order valence-electron chi connectivity index (χ4n) is 2.88. The number of carbonyl (C=O) groups excluding carboxylic acids is 1. The van der Waals surface area contributed by atoms with E-state index in [1.54, 1.807) is 29.6 Å². The third kappa shape index (κ3) is 3.14. The number of aromatic nitrogens is 3. The normalized spacial score (nSPS) is 11.1. The smallest absolute Gasteiger partial charge is 0.161 e. The van der Waals surface area contributed by atoms with Crippen molar-refractivity contribution in [2.75, 3.05) is 0 Å². The Balaban J connectivity index is 1.94. The maximum absolute atomic E-state index is 11.9. The highest BCUT2D eigenvalue weighted by molar-refractivity contribution is 7.10. The minimum Gasteiger partial charge on any atom is -0.356 e. The van der Waals surface area contributed by atoms with Gasteiger partial charge < -0.3 is 4.98 Å². The first-order valence-corrected chi connectivity index (χ1v) is 9.33. The monoisotopic (exact) mass is 345 g/mol. The zero-order chi connectivity index (χ0) is 16.6. The van der Waals surface area contributed by atoms with Crippen molar-refractivity contribution in [2.45, 2.75) is 40.5 Å². The molecule has 3 rings (SSSR count). The highest BCUT2D eigenvalue weighted by Crippen LogP contribution is 2.30. The fraction of sp³-hybridized carbons (Fsp3) is 0.353. The summed E-state index contributed by atoms with van der Waals surface area (Å²) in [6.07, 6.45) is 1.57. The SMILES string of the molecule is CCc1c(-c2csc(Cc3csc(C)n3)n2)[nH]c(C)c1C(C)=O. The molecule has 23 heavy (non-hydrogen) atoms. The highest BCUT2D eigenvalue weighted by Gasteiger charge is 2.19. The zero-order valence-corrected chi connectivity index (χ0v) is 15.3. The fourth-order valence-corrected chi connectivity index (χ4v) is 4.29. The van der Waals surface area contributed by atoms with Gasteiger partial charge in [0.2, 0.25) is 0 Å². The van der Waals surface area contributed by atoms with Crippen LogP contribution in [0.25, 0.3) is 11.4 Å². The third-order valence-electron chi connectivity index (χ3n) is 3.80. The van der Waals surface area contributed by atoms with E-state index >= 15 is 0 Å². The van der Waals surface area contributed by atoms with E-state index in [2.05, 4.69) is 27.7 Å². The molecule has 3 heterocycles. The number of nitrogens with zero attached hydrogens (tertiary/aromatic N) is 2. The molecule has 0 spiro atoms. The Morgan fingerprint density at radius 1 is 1.22 bits per heavy atom. The summed E-state index contributed by atoms with van der Waals surface area (Å²) in [5.41, 5.74) is 5.77. The predicted molar refractivity (Wildman–Crippen MR) is 95.7 cm³/mol. The molecule has 3 aromatic rings. The van der Waals surface area contributed by atoms with E-state index in [0.717, 1.165) is 56.8 Å². The van der Waals surface area contributed by atoms with Gasteiger partial charge in [0.05, 0.1) is 27.1 Å². The summed E-state index contributed by atoms with van der Waals surface area (Å²) in [5, 5.41) is 6.27. The van der Waals surface area contributed by atoms with E-state index in [9.17, 15) is 4.79 Å². The molecule has 1 N–H and O–H groups in total. The van der Waals surface area contributed by atoms with Gasteiger partial charge in [-0.25, -0.2) is 9.97 Å². The van der Waals surface area contributed by atoms with Crippen LogP contribution in [0.15, 0.2) is 10.8 Å². The minimum atomic E-state index is 0.107. The average molecular weight is 345 g/mol. The van der Waals surface area contributed by atoms with Gasteiger partial charge in [0.15, 0.2) is 5.78 Å². The van der Waals surface area contributed by atoms with Crippen molar-refractivity contribution < 1.29 is 4.79 Å². The number of Topliss-reactive ketones (excluding diaryl/α,β-unsaturated/α-hetero) is 1. The van der Waals surface area contributed by atoms with Crippen LogP contribution >= 0.6 is 22.7 Å². The first kappa shape index (κ1) is 16.1. The summed E-state index contributed by atoms with van der Waals surface area (Å²) in [6.45, 7) is 7.66. The van der Waals surface area contributed by atoms with E-state index in [0.29, 0.717) is 0 Å². The first-order valence-electron chi connectivity index (χ1n) is 7.57. The lowest BCUT2D eigenvalue weighted by Gasteiger charge is -2.00. The van der Waals surface area contributed by atoms with Crippen molar-refractivity contribution in [3.05, 3.63) is 43.3 Å². The third-order valence-corrected chi connectivity index (χ3v) is 5.47. The molecule has 0 atom stereocenters. The van der Waals surface area contributed by atoms with E-state index in [1.807, 2.05) is 13.8 Å². The summed E-state index contributed by atoms with van der Waals surface area (Å²) in [5.74, 6) is 0.107. The molecule has 6 heteroatoms. The van der Waals surface area contributed by atoms with Gasteiger partial charge in [0.25, 0.3) is 0 Å². The predicted octanol–water partition coefficient (Wildman–Crippen LogP) is 4.57. The van der Waals surface area contributed by atoms with Crippen molar-refractivity contribution in [2.24, 2.45) is 0 Å². The number of hydrogen-bond donors (Lipinski definition) is 1. The van der Waals surface area contributed by atoms with E-state index in [4.69, 9.17) is 4.98 Å². The lowest BCUT2D eigenvalue weighted by Crippen LogP contribution is -1.97. The highest BCUT2D eigenvalue weighted by atomic mass is 32.1. The second-order valence-corrected chi connectivity index (χ2v) is 7.55. The van der Waals surface area contributed by atoms with Gasteiger partial charge in [0, 0.05) is 28.4 Å². The Hall–Kier alpha value is -1.79. The van der Waals surface area contributed by atoms with Gasteiger partial charge >= 0.3 is 0 Å². The number of aryl methyl sites for hydroxylation is 2. The van der Waals surface area contributed by atoms with Crippen molar-refractivity contribution in [1.29, 1.82) is 0 Å². The Bertz CT molecular complexity index is 857. The van der Waals surface area contributed by atoms with E-state index in [-0.39, 0.29) is 5.78 Å². The van der Waals surface area contributed by atoms with Gasteiger partial charge in [-0.1, -0.05) is 6.92 Å². The van der Waals surface area contributed by atoms with E-state index in [1.165, 1.54) is 0 Å². The molecule has 0 fully saturated rings. The molecule has 0 bridgehead atoms. The Kier molecular flexibility index (Phi) is 4.46. The number of hydrogen-bond acceptors (Lipinski definition) is 5. The number of aromatic amines is 1. The lowest BCUT2D eigenvalue weighted by molar-refractivity contribution is 0.101. The maximum atomic E-state index is 11.9. The van der Waals surface area contributed by atoms with Gasteiger partial charge in [0.1, 0.15) is 0 Å². The van der Waals surface area contributed by atoms with Crippen LogP contribution in [0, 0.1) is 13.8 Å². The minimum absolute atomic E-state index is 0.107. The quantitative estimate of drug-likeness (QED) is 0.689. The molecule has 0 aliphatic heterocycles. The number of thiazole rings is 2. The molecule has 0 amide bonds. The molecule has 0 aliphatic carbocycles. The number of ketones is 1. The van der Waals surface area contributed by atoms with Gasteiger partial charge in [-0.15, -0.1) is 22.7 Å².